The first-order chi connectivity index (χ1) is 7.40. The molecule has 82 valence electrons. The molecule has 2 aromatic rings. The molecule has 0 aliphatic heterocycles. The molecule has 0 N–H and O–H groups in total. The van der Waals surface area contributed by atoms with Crippen molar-refractivity contribution in [2.24, 2.45) is 0 Å². The highest BCUT2D eigenvalue weighted by Gasteiger charge is 1.99. The number of halogens is 1. The number of para-hydroxylation sites is 1. The number of furan rings is 1. The second kappa shape index (κ2) is 8.24. The number of alkyl halides is 1. The second-order valence-electron chi connectivity index (χ2n) is 2.30. The molecule has 0 atom stereocenters. The zero-order valence-electron chi connectivity index (χ0n) is 9.16. The van der Waals surface area contributed by atoms with Gasteiger partial charge in [0.05, 0.1) is 0 Å². The molecule has 0 unspecified atom stereocenters. The van der Waals surface area contributed by atoms with Crippen molar-refractivity contribution in [2.45, 2.75) is 13.8 Å². The quantitative estimate of drug-likeness (QED) is 0.572. The molecule has 0 radical (unpaired) electrons. The highest BCUT2D eigenvalue weighted by Crippen LogP contribution is 2.16. The van der Waals surface area contributed by atoms with E-state index in [0.717, 1.165) is 11.0 Å². The Bertz CT molecular complexity index is 360. The van der Waals surface area contributed by atoms with E-state index in [4.69, 9.17) is 4.42 Å². The minimum Gasteiger partial charge on any atom is -0.453 e. The van der Waals surface area contributed by atoms with Gasteiger partial charge >= 0.3 is 0 Å². The van der Waals surface area contributed by atoms with Crippen molar-refractivity contribution in [3.63, 3.8) is 0 Å². The van der Waals surface area contributed by atoms with Crippen LogP contribution in [-0.2, 0) is 0 Å². The van der Waals surface area contributed by atoms with E-state index >= 15 is 0 Å². The molecule has 0 fully saturated rings. The van der Waals surface area contributed by atoms with E-state index in [-0.39, 0.29) is 0 Å². The average Bonchev–Trinajstić information content (AvgIpc) is 2.77. The Morgan fingerprint density at radius 1 is 1.20 bits per heavy atom. The van der Waals surface area contributed by atoms with Crippen LogP contribution in [0.1, 0.15) is 24.4 Å². The van der Waals surface area contributed by atoms with Crippen molar-refractivity contribution in [2.75, 3.05) is 5.83 Å². The molecule has 2 rings (SSSR count). The summed E-state index contributed by atoms with van der Waals surface area (Å²) in [6, 6.07) is 9.25. The van der Waals surface area contributed by atoms with Gasteiger partial charge in [0.1, 0.15) is 5.58 Å². The number of hydrogen-bond donors (Lipinski definition) is 0. The Balaban J connectivity index is 0.000000442. The average molecular weight is 271 g/mol. The molecule has 15 heavy (non-hydrogen) atoms. The van der Waals surface area contributed by atoms with E-state index < -0.39 is 0 Å². The largest absolute Gasteiger partial charge is 0.453 e. The van der Waals surface area contributed by atoms with E-state index in [2.05, 4.69) is 15.9 Å². The van der Waals surface area contributed by atoms with Crippen LogP contribution in [-0.4, -0.2) is 12.1 Å². The molecule has 2 nitrogen and oxygen atoms in total. The Kier molecular flexibility index (Phi) is 7.64. The third kappa shape index (κ3) is 3.88. The topological polar surface area (TPSA) is 30.2 Å². The number of carbonyl (C=O) groups excluding carboxylic acids is 1. The van der Waals surface area contributed by atoms with Crippen LogP contribution in [0.4, 0.5) is 0 Å². The van der Waals surface area contributed by atoms with Gasteiger partial charge in [-0.3, -0.25) is 4.79 Å². The van der Waals surface area contributed by atoms with Gasteiger partial charge in [0, 0.05) is 5.39 Å². The third-order valence-electron chi connectivity index (χ3n) is 1.56. The first kappa shape index (κ1) is 13.9. The van der Waals surface area contributed by atoms with Gasteiger partial charge in [0.25, 0.3) is 0 Å². The molecular formula is C12H15BrO2. The number of rotatable bonds is 1. The number of benzene rings is 1. The summed E-state index contributed by atoms with van der Waals surface area (Å²) in [5.41, 5.74) is 0.759. The molecule has 0 aliphatic carbocycles. The highest BCUT2D eigenvalue weighted by molar-refractivity contribution is 9.08. The van der Waals surface area contributed by atoms with E-state index in [0.29, 0.717) is 12.0 Å². The molecule has 0 saturated heterocycles. The first-order valence-electron chi connectivity index (χ1n) is 4.72. The summed E-state index contributed by atoms with van der Waals surface area (Å²) in [7, 11) is 0. The minimum absolute atomic E-state index is 0.381. The van der Waals surface area contributed by atoms with E-state index in [1.165, 1.54) is 0 Å². The normalized spacial score (nSPS) is 8.27. The Hall–Kier alpha value is -1.09. The van der Waals surface area contributed by atoms with Gasteiger partial charge in [0.15, 0.2) is 12.0 Å². The van der Waals surface area contributed by atoms with Crippen molar-refractivity contribution in [1.82, 2.24) is 0 Å². The predicted octanol–water partition coefficient (Wildman–Crippen LogP) is 4.28. The summed E-state index contributed by atoms with van der Waals surface area (Å²) in [5.74, 6) is 2.19. The Morgan fingerprint density at radius 2 is 1.80 bits per heavy atom. The summed E-state index contributed by atoms with van der Waals surface area (Å²) in [5, 5.41) is 0.967. The fourth-order valence-corrected chi connectivity index (χ4v) is 1.06. The zero-order valence-corrected chi connectivity index (χ0v) is 10.7. The maximum Gasteiger partial charge on any atom is 0.185 e. The number of hydrogen-bond acceptors (Lipinski definition) is 2. The molecule has 0 saturated carbocycles. The van der Waals surface area contributed by atoms with Crippen molar-refractivity contribution < 1.29 is 9.21 Å². The van der Waals surface area contributed by atoms with Gasteiger partial charge in [-0.1, -0.05) is 48.0 Å². The first-order valence-corrected chi connectivity index (χ1v) is 6.30. The Morgan fingerprint density at radius 3 is 2.33 bits per heavy atom. The lowest BCUT2D eigenvalue weighted by atomic mass is 10.2. The maximum absolute atomic E-state index is 10.3. The monoisotopic (exact) mass is 270 g/mol. The molecule has 0 bridgehead atoms. The summed E-state index contributed by atoms with van der Waals surface area (Å²) < 4.78 is 5.15. The van der Waals surface area contributed by atoms with E-state index in [1.807, 2.05) is 43.9 Å². The van der Waals surface area contributed by atoms with Gasteiger partial charge in [-0.05, 0) is 18.0 Å². The van der Waals surface area contributed by atoms with Crippen LogP contribution in [0, 0.1) is 0 Å². The molecule has 3 heteroatoms. The van der Waals surface area contributed by atoms with Crippen LogP contribution in [0.25, 0.3) is 11.0 Å². The molecule has 0 spiro atoms. The number of fused-ring (bicyclic) bond motifs is 1. The van der Waals surface area contributed by atoms with E-state index in [9.17, 15) is 4.79 Å². The molecule has 1 heterocycles. The summed E-state index contributed by atoms with van der Waals surface area (Å²) >= 11 is 2.94. The SMILES string of the molecule is CBr.CC.O=Cc1cc2ccccc2o1. The Labute approximate surface area is 98.4 Å². The molecular weight excluding hydrogens is 256 g/mol. The minimum atomic E-state index is 0.381. The lowest BCUT2D eigenvalue weighted by molar-refractivity contribution is 0.110. The van der Waals surface area contributed by atoms with Gasteiger partial charge < -0.3 is 4.42 Å². The lowest BCUT2D eigenvalue weighted by Crippen LogP contribution is -1.65. The van der Waals surface area contributed by atoms with Crippen LogP contribution in [0.15, 0.2) is 34.7 Å². The fraction of sp³-hybridized carbons (Fsp3) is 0.250. The van der Waals surface area contributed by atoms with Gasteiger partial charge in [-0.15, -0.1) is 0 Å². The van der Waals surface area contributed by atoms with Crippen LogP contribution in [0.3, 0.4) is 0 Å². The predicted molar refractivity (Wildman–Crippen MR) is 67.8 cm³/mol. The summed E-state index contributed by atoms with van der Waals surface area (Å²) in [6.07, 6.45) is 0.708. The van der Waals surface area contributed by atoms with Crippen LogP contribution in [0.5, 0.6) is 0 Å². The van der Waals surface area contributed by atoms with Gasteiger partial charge in [-0.2, -0.15) is 0 Å². The van der Waals surface area contributed by atoms with Crippen LogP contribution < -0.4 is 0 Å². The third-order valence-corrected chi connectivity index (χ3v) is 1.56. The molecule has 1 aromatic heterocycles. The molecule has 1 aromatic carbocycles. The van der Waals surface area contributed by atoms with Crippen LogP contribution in [0.2, 0.25) is 0 Å². The highest BCUT2D eigenvalue weighted by atomic mass is 79.9. The van der Waals surface area contributed by atoms with Crippen molar-refractivity contribution >= 4 is 33.2 Å². The van der Waals surface area contributed by atoms with Crippen LogP contribution >= 0.6 is 15.9 Å². The lowest BCUT2D eigenvalue weighted by Gasteiger charge is -1.81. The molecule has 0 amide bonds. The summed E-state index contributed by atoms with van der Waals surface area (Å²) in [4.78, 5) is 10.3. The van der Waals surface area contributed by atoms with Gasteiger partial charge in [0.2, 0.25) is 0 Å². The zero-order chi connectivity index (χ0) is 11.7. The maximum atomic E-state index is 10.3. The number of carbonyl (C=O) groups is 1. The standard InChI is InChI=1S/C9H6O2.C2H6.CH3Br/c10-6-8-5-7-3-1-2-4-9(7)11-8;2*1-2/h1-6H;1-2H3;1H3. The van der Waals surface area contributed by atoms with Crippen molar-refractivity contribution in [1.29, 1.82) is 0 Å². The van der Waals surface area contributed by atoms with Crippen molar-refractivity contribution in [3.05, 3.63) is 36.1 Å². The molecule has 0 aliphatic rings. The second-order valence-corrected chi connectivity index (χ2v) is 2.30. The number of aldehydes is 1. The van der Waals surface area contributed by atoms with E-state index in [1.54, 1.807) is 6.07 Å². The van der Waals surface area contributed by atoms with Gasteiger partial charge in [-0.25, -0.2) is 0 Å². The summed E-state index contributed by atoms with van der Waals surface area (Å²) in [6.45, 7) is 4.00. The fourth-order valence-electron chi connectivity index (χ4n) is 1.06. The smallest absolute Gasteiger partial charge is 0.185 e. The van der Waals surface area contributed by atoms with Crippen molar-refractivity contribution in [3.8, 4) is 0 Å².